The summed E-state index contributed by atoms with van der Waals surface area (Å²) < 4.78 is 60.8. The molecular formula is C8H13F5N2. The van der Waals surface area contributed by atoms with Gasteiger partial charge in [0.05, 0.1) is 6.54 Å². The van der Waals surface area contributed by atoms with Crippen LogP contribution in [0.1, 0.15) is 6.42 Å². The second-order valence-corrected chi connectivity index (χ2v) is 3.83. The molecule has 0 aromatic rings. The smallest absolute Gasteiger partial charge is 0.330 e. The second-order valence-electron chi connectivity index (χ2n) is 3.83. The zero-order valence-corrected chi connectivity index (χ0v) is 8.03. The van der Waals surface area contributed by atoms with Gasteiger partial charge in [0, 0.05) is 6.54 Å². The fourth-order valence-corrected chi connectivity index (χ4v) is 1.62. The summed E-state index contributed by atoms with van der Waals surface area (Å²) in [7, 11) is 0. The van der Waals surface area contributed by atoms with Crippen molar-refractivity contribution in [2.45, 2.75) is 18.5 Å². The van der Waals surface area contributed by atoms with E-state index in [0.717, 1.165) is 4.90 Å². The lowest BCUT2D eigenvalue weighted by Gasteiger charge is -2.25. The largest absolute Gasteiger partial charge is 0.454 e. The van der Waals surface area contributed by atoms with Gasteiger partial charge in [-0.05, 0) is 25.4 Å². The normalized spacial score (nSPS) is 24.8. The van der Waals surface area contributed by atoms with Gasteiger partial charge < -0.3 is 5.73 Å². The highest BCUT2D eigenvalue weighted by atomic mass is 19.4. The molecule has 0 aromatic carbocycles. The minimum absolute atomic E-state index is 0.0361. The van der Waals surface area contributed by atoms with Crippen LogP contribution in [0, 0.1) is 5.92 Å². The number of rotatable bonds is 3. The van der Waals surface area contributed by atoms with Gasteiger partial charge in [-0.25, -0.2) is 0 Å². The SMILES string of the molecule is NCC1CCN(CC(F)(F)C(F)(F)F)C1. The van der Waals surface area contributed by atoms with Gasteiger partial charge in [0.1, 0.15) is 0 Å². The summed E-state index contributed by atoms with van der Waals surface area (Å²) in [4.78, 5) is 1.12. The Hall–Kier alpha value is -0.430. The van der Waals surface area contributed by atoms with Crippen LogP contribution < -0.4 is 5.73 Å². The highest BCUT2D eigenvalue weighted by molar-refractivity contribution is 4.84. The first-order chi connectivity index (χ1) is 6.76. The van der Waals surface area contributed by atoms with E-state index < -0.39 is 18.6 Å². The summed E-state index contributed by atoms with van der Waals surface area (Å²) in [5.74, 6) is -4.59. The van der Waals surface area contributed by atoms with E-state index in [1.54, 1.807) is 0 Å². The molecule has 2 nitrogen and oxygen atoms in total. The Bertz CT molecular complexity index is 216. The predicted molar refractivity (Wildman–Crippen MR) is 44.6 cm³/mol. The molecule has 90 valence electrons. The zero-order valence-electron chi connectivity index (χ0n) is 8.03. The molecule has 1 aliphatic rings. The average molecular weight is 232 g/mol. The molecule has 0 amide bonds. The van der Waals surface area contributed by atoms with E-state index in [-0.39, 0.29) is 19.0 Å². The molecule has 1 fully saturated rings. The Morgan fingerprint density at radius 3 is 2.20 bits per heavy atom. The maximum atomic E-state index is 12.6. The summed E-state index contributed by atoms with van der Waals surface area (Å²) in [5, 5.41) is 0. The van der Waals surface area contributed by atoms with Gasteiger partial charge in [-0.1, -0.05) is 0 Å². The third-order valence-corrected chi connectivity index (χ3v) is 2.54. The van der Waals surface area contributed by atoms with E-state index >= 15 is 0 Å². The number of alkyl halides is 5. The molecule has 1 heterocycles. The van der Waals surface area contributed by atoms with Crippen molar-refractivity contribution in [2.24, 2.45) is 11.7 Å². The predicted octanol–water partition coefficient (Wildman–Crippen LogP) is 1.46. The van der Waals surface area contributed by atoms with E-state index in [0.29, 0.717) is 13.0 Å². The summed E-state index contributed by atoms with van der Waals surface area (Å²) in [6.45, 7) is -0.448. The molecule has 0 aliphatic carbocycles. The third kappa shape index (κ3) is 3.01. The minimum atomic E-state index is -5.46. The molecule has 1 unspecified atom stereocenters. The summed E-state index contributed by atoms with van der Waals surface area (Å²) in [6.07, 6.45) is -4.88. The van der Waals surface area contributed by atoms with Crippen molar-refractivity contribution in [3.63, 3.8) is 0 Å². The topological polar surface area (TPSA) is 29.3 Å². The van der Waals surface area contributed by atoms with Crippen molar-refractivity contribution in [1.29, 1.82) is 0 Å². The van der Waals surface area contributed by atoms with Gasteiger partial charge in [-0.3, -0.25) is 4.90 Å². The van der Waals surface area contributed by atoms with Crippen LogP contribution in [-0.2, 0) is 0 Å². The molecule has 2 N–H and O–H groups in total. The highest BCUT2D eigenvalue weighted by Gasteiger charge is 2.58. The lowest BCUT2D eigenvalue weighted by atomic mass is 10.1. The Labute approximate surface area is 84.2 Å². The quantitative estimate of drug-likeness (QED) is 0.746. The average Bonchev–Trinajstić information content (AvgIpc) is 2.49. The molecular weight excluding hydrogens is 219 g/mol. The maximum Gasteiger partial charge on any atom is 0.454 e. The van der Waals surface area contributed by atoms with Crippen molar-refractivity contribution in [3.8, 4) is 0 Å². The van der Waals surface area contributed by atoms with Crippen molar-refractivity contribution in [1.82, 2.24) is 4.90 Å². The van der Waals surface area contributed by atoms with Crippen molar-refractivity contribution in [3.05, 3.63) is 0 Å². The molecule has 1 atom stereocenters. The van der Waals surface area contributed by atoms with Crippen LogP contribution in [0.15, 0.2) is 0 Å². The lowest BCUT2D eigenvalue weighted by molar-refractivity contribution is -0.286. The number of likely N-dealkylation sites (tertiary alicyclic amines) is 1. The van der Waals surface area contributed by atoms with Crippen LogP contribution in [0.4, 0.5) is 22.0 Å². The summed E-state index contributed by atoms with van der Waals surface area (Å²) in [6, 6.07) is 0. The van der Waals surface area contributed by atoms with E-state index in [2.05, 4.69) is 0 Å². The van der Waals surface area contributed by atoms with Crippen LogP contribution in [0.3, 0.4) is 0 Å². The van der Waals surface area contributed by atoms with Gasteiger partial charge in [-0.2, -0.15) is 22.0 Å². The van der Waals surface area contributed by atoms with E-state index in [4.69, 9.17) is 5.73 Å². The van der Waals surface area contributed by atoms with E-state index in [1.165, 1.54) is 0 Å². The molecule has 7 heteroatoms. The fraction of sp³-hybridized carbons (Fsp3) is 1.00. The second kappa shape index (κ2) is 4.21. The number of nitrogens with zero attached hydrogens (tertiary/aromatic N) is 1. The van der Waals surface area contributed by atoms with Crippen molar-refractivity contribution in [2.75, 3.05) is 26.2 Å². The standard InChI is InChI=1S/C8H13F5N2/c9-7(10,8(11,12)13)5-15-2-1-6(3-14)4-15/h6H,1-5,14H2. The number of nitrogens with two attached hydrogens (primary N) is 1. The van der Waals surface area contributed by atoms with Crippen LogP contribution in [0.2, 0.25) is 0 Å². The molecule has 0 saturated carbocycles. The Morgan fingerprint density at radius 1 is 1.20 bits per heavy atom. The van der Waals surface area contributed by atoms with Gasteiger partial charge in [0.25, 0.3) is 0 Å². The van der Waals surface area contributed by atoms with Crippen LogP contribution >= 0.6 is 0 Å². The Balaban J connectivity index is 2.49. The van der Waals surface area contributed by atoms with Crippen molar-refractivity contribution >= 4 is 0 Å². The number of hydrogen-bond donors (Lipinski definition) is 1. The molecule has 0 spiro atoms. The molecule has 15 heavy (non-hydrogen) atoms. The fourth-order valence-electron chi connectivity index (χ4n) is 1.62. The third-order valence-electron chi connectivity index (χ3n) is 2.54. The Morgan fingerprint density at radius 2 is 1.80 bits per heavy atom. The first-order valence-electron chi connectivity index (χ1n) is 4.63. The van der Waals surface area contributed by atoms with E-state index in [1.807, 2.05) is 0 Å². The number of halogens is 5. The first kappa shape index (κ1) is 12.6. The summed E-state index contributed by atoms with van der Waals surface area (Å²) >= 11 is 0. The Kier molecular flexibility index (Phi) is 3.55. The van der Waals surface area contributed by atoms with Gasteiger partial charge in [0.15, 0.2) is 0 Å². The summed E-state index contributed by atoms with van der Waals surface area (Å²) in [5.41, 5.74) is 5.31. The molecule has 1 rings (SSSR count). The number of hydrogen-bond acceptors (Lipinski definition) is 2. The minimum Gasteiger partial charge on any atom is -0.330 e. The van der Waals surface area contributed by atoms with E-state index in [9.17, 15) is 22.0 Å². The molecule has 0 radical (unpaired) electrons. The van der Waals surface area contributed by atoms with Gasteiger partial charge in [0.2, 0.25) is 0 Å². The molecule has 0 bridgehead atoms. The van der Waals surface area contributed by atoms with Gasteiger partial charge in [-0.15, -0.1) is 0 Å². The molecule has 0 aromatic heterocycles. The highest BCUT2D eigenvalue weighted by Crippen LogP contribution is 2.36. The molecule has 1 aliphatic heterocycles. The van der Waals surface area contributed by atoms with Crippen molar-refractivity contribution < 1.29 is 22.0 Å². The monoisotopic (exact) mass is 232 g/mol. The lowest BCUT2D eigenvalue weighted by Crippen LogP contribution is -2.46. The van der Waals surface area contributed by atoms with Gasteiger partial charge >= 0.3 is 12.1 Å². The first-order valence-corrected chi connectivity index (χ1v) is 4.63. The molecule has 1 saturated heterocycles. The van der Waals surface area contributed by atoms with Crippen LogP contribution in [0.5, 0.6) is 0 Å². The zero-order chi connectivity index (χ0) is 11.7. The maximum absolute atomic E-state index is 12.6. The van der Waals surface area contributed by atoms with Crippen LogP contribution in [0.25, 0.3) is 0 Å². The van der Waals surface area contributed by atoms with Crippen LogP contribution in [-0.4, -0.2) is 43.2 Å².